The summed E-state index contributed by atoms with van der Waals surface area (Å²) in [6.07, 6.45) is 5.89. The van der Waals surface area contributed by atoms with Crippen molar-refractivity contribution in [2.45, 2.75) is 54.9 Å². The van der Waals surface area contributed by atoms with Gasteiger partial charge in [-0.2, -0.15) is 0 Å². The highest BCUT2D eigenvalue weighted by Gasteiger charge is 2.46. The number of carbonyl (C=O) groups is 1. The summed E-state index contributed by atoms with van der Waals surface area (Å²) in [6.45, 7) is 15.4. The molecule has 106 valence electrons. The molecule has 0 aromatic heterocycles. The molecule has 0 N–H and O–H groups in total. The van der Waals surface area contributed by atoms with Crippen molar-refractivity contribution in [3.63, 3.8) is 0 Å². The van der Waals surface area contributed by atoms with Crippen LogP contribution in [-0.2, 0) is 4.79 Å². The first kappa shape index (κ1) is 14.6. The smallest absolute Gasteiger partial charge is 0.137 e. The zero-order valence-corrected chi connectivity index (χ0v) is 13.5. The van der Waals surface area contributed by atoms with Crippen molar-refractivity contribution in [2.75, 3.05) is 0 Å². The van der Waals surface area contributed by atoms with E-state index in [1.807, 2.05) is 0 Å². The summed E-state index contributed by atoms with van der Waals surface area (Å²) < 4.78 is 0. The third kappa shape index (κ3) is 2.32. The Labute approximate surface area is 118 Å². The van der Waals surface area contributed by atoms with E-state index in [1.54, 1.807) is 6.92 Å². The van der Waals surface area contributed by atoms with Crippen LogP contribution in [0.5, 0.6) is 0 Å². The van der Waals surface area contributed by atoms with Gasteiger partial charge in [0.25, 0.3) is 0 Å². The molecule has 2 atom stereocenters. The summed E-state index contributed by atoms with van der Waals surface area (Å²) in [7, 11) is 0. The monoisotopic (exact) mass is 260 g/mol. The van der Waals surface area contributed by atoms with Gasteiger partial charge < -0.3 is 0 Å². The second-order valence-corrected chi connectivity index (χ2v) is 8.03. The standard InChI is InChI=1S/C18H28O/c1-11(2)14-9-17(4,5)16-10-18(6,7)15(12(3)19)8-13(14)16/h8,10-11,14-15H,9H2,1-7H3. The first-order valence-electron chi connectivity index (χ1n) is 7.52. The lowest BCUT2D eigenvalue weighted by atomic mass is 9.68. The van der Waals surface area contributed by atoms with Crippen LogP contribution < -0.4 is 0 Å². The van der Waals surface area contributed by atoms with E-state index in [9.17, 15) is 4.79 Å². The Bertz CT molecular complexity index is 460. The molecule has 0 aromatic rings. The third-order valence-corrected chi connectivity index (χ3v) is 5.08. The molecule has 2 rings (SSSR count). The van der Waals surface area contributed by atoms with Gasteiger partial charge in [-0.15, -0.1) is 0 Å². The average Bonchev–Trinajstić information content (AvgIpc) is 2.48. The number of carbonyl (C=O) groups excluding carboxylic acids is 1. The van der Waals surface area contributed by atoms with E-state index < -0.39 is 0 Å². The molecule has 0 aliphatic heterocycles. The van der Waals surface area contributed by atoms with E-state index in [4.69, 9.17) is 0 Å². The molecule has 0 heterocycles. The molecule has 19 heavy (non-hydrogen) atoms. The molecule has 2 unspecified atom stereocenters. The van der Waals surface area contributed by atoms with Crippen LogP contribution in [0.15, 0.2) is 23.3 Å². The minimum absolute atomic E-state index is 0.0430. The molecule has 0 aromatic carbocycles. The molecule has 2 aliphatic carbocycles. The van der Waals surface area contributed by atoms with Crippen LogP contribution in [-0.4, -0.2) is 5.78 Å². The molecule has 0 amide bonds. The van der Waals surface area contributed by atoms with Gasteiger partial charge in [0.15, 0.2) is 0 Å². The van der Waals surface area contributed by atoms with Crippen molar-refractivity contribution < 1.29 is 4.79 Å². The van der Waals surface area contributed by atoms with Gasteiger partial charge in [0.2, 0.25) is 0 Å². The third-order valence-electron chi connectivity index (χ3n) is 5.08. The predicted molar refractivity (Wildman–Crippen MR) is 80.8 cm³/mol. The van der Waals surface area contributed by atoms with Crippen molar-refractivity contribution in [2.24, 2.45) is 28.6 Å². The highest BCUT2D eigenvalue weighted by molar-refractivity contribution is 5.82. The van der Waals surface area contributed by atoms with Crippen LogP contribution in [0.1, 0.15) is 54.9 Å². The Morgan fingerprint density at radius 2 is 1.84 bits per heavy atom. The van der Waals surface area contributed by atoms with Crippen LogP contribution in [0, 0.1) is 28.6 Å². The first-order chi connectivity index (χ1) is 8.56. The Balaban J connectivity index is 2.53. The van der Waals surface area contributed by atoms with Crippen molar-refractivity contribution >= 4 is 5.78 Å². The van der Waals surface area contributed by atoms with E-state index in [1.165, 1.54) is 17.6 Å². The summed E-state index contributed by atoms with van der Waals surface area (Å²) in [6, 6.07) is 0. The van der Waals surface area contributed by atoms with Crippen molar-refractivity contribution in [1.29, 1.82) is 0 Å². The van der Waals surface area contributed by atoms with Crippen molar-refractivity contribution in [1.82, 2.24) is 0 Å². The summed E-state index contributed by atoms with van der Waals surface area (Å²) >= 11 is 0. The molecule has 1 fully saturated rings. The maximum absolute atomic E-state index is 12.0. The predicted octanol–water partition coefficient (Wildman–Crippen LogP) is 4.79. The largest absolute Gasteiger partial charge is 0.299 e. The number of rotatable bonds is 2. The zero-order chi connectivity index (χ0) is 14.6. The van der Waals surface area contributed by atoms with E-state index in [2.05, 4.69) is 53.7 Å². The quantitative estimate of drug-likeness (QED) is 0.698. The highest BCUT2D eigenvalue weighted by Crippen LogP contribution is 2.56. The Morgan fingerprint density at radius 3 is 2.32 bits per heavy atom. The van der Waals surface area contributed by atoms with Crippen molar-refractivity contribution in [3.8, 4) is 0 Å². The number of hydrogen-bond donors (Lipinski definition) is 0. The maximum Gasteiger partial charge on any atom is 0.137 e. The minimum atomic E-state index is -0.0478. The Morgan fingerprint density at radius 1 is 1.26 bits per heavy atom. The number of hydrogen-bond acceptors (Lipinski definition) is 1. The van der Waals surface area contributed by atoms with E-state index in [0.29, 0.717) is 17.6 Å². The molecule has 0 radical (unpaired) electrons. The van der Waals surface area contributed by atoms with Gasteiger partial charge in [0.05, 0.1) is 0 Å². The van der Waals surface area contributed by atoms with E-state index in [-0.39, 0.29) is 16.7 Å². The molecular weight excluding hydrogens is 232 g/mol. The van der Waals surface area contributed by atoms with Gasteiger partial charge >= 0.3 is 0 Å². The van der Waals surface area contributed by atoms with Gasteiger partial charge in [-0.3, -0.25) is 4.79 Å². The van der Waals surface area contributed by atoms with Gasteiger partial charge in [-0.05, 0) is 47.2 Å². The molecule has 1 nitrogen and oxygen atoms in total. The van der Waals surface area contributed by atoms with E-state index in [0.717, 1.165) is 0 Å². The number of ketones is 1. The molecule has 0 spiro atoms. The van der Waals surface area contributed by atoms with Crippen molar-refractivity contribution in [3.05, 3.63) is 23.3 Å². The fraction of sp³-hybridized carbons (Fsp3) is 0.722. The number of fused-ring (bicyclic) bond motifs is 1. The van der Waals surface area contributed by atoms with Gasteiger partial charge in [-0.25, -0.2) is 0 Å². The summed E-state index contributed by atoms with van der Waals surface area (Å²) in [5.41, 5.74) is 3.15. The molecule has 0 bridgehead atoms. The van der Waals surface area contributed by atoms with Gasteiger partial charge in [-0.1, -0.05) is 53.7 Å². The van der Waals surface area contributed by atoms with E-state index >= 15 is 0 Å². The summed E-state index contributed by atoms with van der Waals surface area (Å²) in [5, 5.41) is 0. The molecule has 1 heteroatoms. The number of Topliss-reactive ketones (excluding diaryl/α,β-unsaturated/α-hetero) is 1. The Hall–Kier alpha value is -0.850. The van der Waals surface area contributed by atoms with Gasteiger partial charge in [0, 0.05) is 5.92 Å². The SMILES string of the molecule is CC(=O)C1C=C2C(=CC1(C)C)C(C)(C)CC2C(C)C. The molecular formula is C18H28O. The first-order valence-corrected chi connectivity index (χ1v) is 7.52. The topological polar surface area (TPSA) is 17.1 Å². The highest BCUT2D eigenvalue weighted by atomic mass is 16.1. The van der Waals surface area contributed by atoms with Gasteiger partial charge in [0.1, 0.15) is 5.78 Å². The van der Waals surface area contributed by atoms with Crippen LogP contribution in [0.2, 0.25) is 0 Å². The number of allylic oxidation sites excluding steroid dienone is 4. The lowest BCUT2D eigenvalue weighted by Crippen LogP contribution is -2.31. The normalized spacial score (nSPS) is 31.8. The van der Waals surface area contributed by atoms with Crippen LogP contribution >= 0.6 is 0 Å². The van der Waals surface area contributed by atoms with Crippen LogP contribution in [0.3, 0.4) is 0 Å². The molecule has 0 saturated heterocycles. The Kier molecular flexibility index (Phi) is 3.32. The minimum Gasteiger partial charge on any atom is -0.299 e. The van der Waals surface area contributed by atoms with Crippen LogP contribution in [0.4, 0.5) is 0 Å². The fourth-order valence-corrected chi connectivity index (χ4v) is 3.94. The fourth-order valence-electron chi connectivity index (χ4n) is 3.94. The lowest BCUT2D eigenvalue weighted by Gasteiger charge is -2.36. The lowest BCUT2D eigenvalue weighted by molar-refractivity contribution is -0.121. The second-order valence-electron chi connectivity index (χ2n) is 8.03. The average molecular weight is 260 g/mol. The molecule has 2 aliphatic rings. The second kappa shape index (κ2) is 4.33. The van der Waals surface area contributed by atoms with Crippen LogP contribution in [0.25, 0.3) is 0 Å². The maximum atomic E-state index is 12.0. The summed E-state index contributed by atoms with van der Waals surface area (Å²) in [5.74, 6) is 1.59. The molecule has 1 saturated carbocycles. The zero-order valence-electron chi connectivity index (χ0n) is 13.5. The summed E-state index contributed by atoms with van der Waals surface area (Å²) in [4.78, 5) is 12.0.